The smallest absolute Gasteiger partial charge is 0.0499 e. The fourth-order valence-corrected chi connectivity index (χ4v) is 1.73. The number of anilines is 1. The monoisotopic (exact) mass is 247 g/mol. The van der Waals surface area contributed by atoms with E-state index in [0.29, 0.717) is 0 Å². The highest BCUT2D eigenvalue weighted by atomic mass is 79.9. The van der Waals surface area contributed by atoms with Crippen LogP contribution in [0.4, 0.5) is 5.69 Å². The van der Waals surface area contributed by atoms with Crippen LogP contribution >= 0.6 is 27.5 Å². The van der Waals surface area contributed by atoms with Gasteiger partial charge >= 0.3 is 0 Å². The van der Waals surface area contributed by atoms with Gasteiger partial charge in [0.25, 0.3) is 0 Å². The fraction of sp³-hybridized carbons (Fsp3) is 0.333. The van der Waals surface area contributed by atoms with E-state index < -0.39 is 0 Å². The van der Waals surface area contributed by atoms with Gasteiger partial charge in [0.05, 0.1) is 0 Å². The van der Waals surface area contributed by atoms with Gasteiger partial charge in [0.1, 0.15) is 0 Å². The number of halogens is 2. The van der Waals surface area contributed by atoms with Crippen molar-refractivity contribution in [3.63, 3.8) is 0 Å². The zero-order chi connectivity index (χ0) is 9.14. The van der Waals surface area contributed by atoms with Crippen molar-refractivity contribution in [2.45, 2.75) is 13.8 Å². The molecule has 0 aliphatic rings. The summed E-state index contributed by atoms with van der Waals surface area (Å²) in [6.45, 7) is 4.95. The van der Waals surface area contributed by atoms with Crippen LogP contribution in [0.2, 0.25) is 5.02 Å². The second-order valence-corrected chi connectivity index (χ2v) is 3.87. The number of nitrogens with one attached hydrogen (secondary N) is 1. The Hall–Kier alpha value is -0.210. The van der Waals surface area contributed by atoms with Crippen LogP contribution in [0.3, 0.4) is 0 Å². The predicted molar refractivity (Wildman–Crippen MR) is 58.1 cm³/mol. The van der Waals surface area contributed by atoms with Gasteiger partial charge in [0.2, 0.25) is 0 Å². The van der Waals surface area contributed by atoms with E-state index in [2.05, 4.69) is 28.2 Å². The molecule has 0 spiro atoms. The standard InChI is InChI=1S/C9H11BrClN/c1-3-12-9-5-8(11)6(2)4-7(9)10/h4-5,12H,3H2,1-2H3. The Balaban J connectivity index is 3.05. The molecule has 1 N–H and O–H groups in total. The highest BCUT2D eigenvalue weighted by Gasteiger charge is 2.02. The lowest BCUT2D eigenvalue weighted by molar-refractivity contribution is 1.20. The third-order valence-corrected chi connectivity index (χ3v) is 2.68. The first kappa shape index (κ1) is 9.87. The predicted octanol–water partition coefficient (Wildman–Crippen LogP) is 3.84. The first-order valence-corrected chi connectivity index (χ1v) is 5.01. The zero-order valence-electron chi connectivity index (χ0n) is 7.12. The number of rotatable bonds is 2. The van der Waals surface area contributed by atoms with E-state index in [4.69, 9.17) is 11.6 Å². The molecule has 12 heavy (non-hydrogen) atoms. The summed E-state index contributed by atoms with van der Waals surface area (Å²) in [4.78, 5) is 0. The summed E-state index contributed by atoms with van der Waals surface area (Å²) >= 11 is 9.42. The summed E-state index contributed by atoms with van der Waals surface area (Å²) in [6.07, 6.45) is 0. The van der Waals surface area contributed by atoms with E-state index in [-0.39, 0.29) is 0 Å². The van der Waals surface area contributed by atoms with Crippen LogP contribution < -0.4 is 5.32 Å². The van der Waals surface area contributed by atoms with Crippen molar-refractivity contribution < 1.29 is 0 Å². The maximum absolute atomic E-state index is 5.96. The van der Waals surface area contributed by atoms with Gasteiger partial charge in [0.15, 0.2) is 0 Å². The van der Waals surface area contributed by atoms with Crippen molar-refractivity contribution in [2.24, 2.45) is 0 Å². The first-order valence-electron chi connectivity index (χ1n) is 3.84. The second kappa shape index (κ2) is 4.15. The SMILES string of the molecule is CCNc1cc(Cl)c(C)cc1Br. The molecule has 0 aliphatic heterocycles. The topological polar surface area (TPSA) is 12.0 Å². The Morgan fingerprint density at radius 1 is 1.50 bits per heavy atom. The molecule has 0 unspecified atom stereocenters. The third kappa shape index (κ3) is 2.14. The minimum absolute atomic E-state index is 0.800. The Kier molecular flexibility index (Phi) is 3.41. The molecule has 0 atom stereocenters. The third-order valence-electron chi connectivity index (χ3n) is 1.62. The lowest BCUT2D eigenvalue weighted by Crippen LogP contribution is -1.97. The molecule has 0 aromatic heterocycles. The van der Waals surface area contributed by atoms with Crippen molar-refractivity contribution in [1.29, 1.82) is 0 Å². The maximum Gasteiger partial charge on any atom is 0.0499 e. The minimum atomic E-state index is 0.800. The van der Waals surface area contributed by atoms with Crippen LogP contribution in [0, 0.1) is 6.92 Å². The van der Waals surface area contributed by atoms with E-state index >= 15 is 0 Å². The molecule has 0 saturated heterocycles. The summed E-state index contributed by atoms with van der Waals surface area (Å²) in [5.41, 5.74) is 2.14. The summed E-state index contributed by atoms with van der Waals surface area (Å²) in [6, 6.07) is 3.95. The number of hydrogen-bond acceptors (Lipinski definition) is 1. The van der Waals surface area contributed by atoms with Gasteiger partial charge in [-0.25, -0.2) is 0 Å². The Morgan fingerprint density at radius 2 is 2.17 bits per heavy atom. The summed E-state index contributed by atoms with van der Waals surface area (Å²) in [7, 11) is 0. The molecule has 0 saturated carbocycles. The number of hydrogen-bond donors (Lipinski definition) is 1. The van der Waals surface area contributed by atoms with Gasteiger partial charge in [-0.05, 0) is 47.5 Å². The van der Waals surface area contributed by atoms with E-state index in [9.17, 15) is 0 Å². The lowest BCUT2D eigenvalue weighted by atomic mass is 10.2. The summed E-state index contributed by atoms with van der Waals surface area (Å²) < 4.78 is 1.06. The van der Waals surface area contributed by atoms with Gasteiger partial charge in [-0.15, -0.1) is 0 Å². The van der Waals surface area contributed by atoms with Crippen molar-refractivity contribution in [3.05, 3.63) is 27.2 Å². The minimum Gasteiger partial charge on any atom is -0.384 e. The molecule has 1 nitrogen and oxygen atoms in total. The van der Waals surface area contributed by atoms with Crippen molar-refractivity contribution in [3.8, 4) is 0 Å². The number of benzene rings is 1. The summed E-state index contributed by atoms with van der Waals surface area (Å²) in [5, 5.41) is 4.01. The molecule has 1 aromatic rings. The molecule has 0 heterocycles. The average Bonchev–Trinajstić information content (AvgIpc) is 2.01. The molecule has 66 valence electrons. The van der Waals surface area contributed by atoms with Gasteiger partial charge in [-0.2, -0.15) is 0 Å². The van der Waals surface area contributed by atoms with Crippen molar-refractivity contribution in [1.82, 2.24) is 0 Å². The Morgan fingerprint density at radius 3 is 2.75 bits per heavy atom. The van der Waals surface area contributed by atoms with Gasteiger partial charge in [0, 0.05) is 21.7 Å². The molecule has 1 rings (SSSR count). The molecule has 0 bridgehead atoms. The van der Waals surface area contributed by atoms with Crippen LogP contribution in [0.25, 0.3) is 0 Å². The van der Waals surface area contributed by atoms with Crippen LogP contribution in [-0.4, -0.2) is 6.54 Å². The van der Waals surface area contributed by atoms with Crippen molar-refractivity contribution in [2.75, 3.05) is 11.9 Å². The van der Waals surface area contributed by atoms with Crippen LogP contribution in [-0.2, 0) is 0 Å². The molecular weight excluding hydrogens is 237 g/mol. The zero-order valence-corrected chi connectivity index (χ0v) is 9.46. The highest BCUT2D eigenvalue weighted by molar-refractivity contribution is 9.10. The molecule has 0 aliphatic carbocycles. The molecule has 0 fully saturated rings. The normalized spacial score (nSPS) is 10.0. The van der Waals surface area contributed by atoms with E-state index in [1.807, 2.05) is 19.1 Å². The van der Waals surface area contributed by atoms with Crippen molar-refractivity contribution >= 4 is 33.2 Å². The molecule has 1 aromatic carbocycles. The quantitative estimate of drug-likeness (QED) is 0.838. The average molecular weight is 249 g/mol. The van der Waals surface area contributed by atoms with Crippen LogP contribution in [0.1, 0.15) is 12.5 Å². The summed E-state index contributed by atoms with van der Waals surface area (Å²) in [5.74, 6) is 0. The lowest BCUT2D eigenvalue weighted by Gasteiger charge is -2.07. The van der Waals surface area contributed by atoms with Crippen LogP contribution in [0.15, 0.2) is 16.6 Å². The first-order chi connectivity index (χ1) is 5.65. The molecule has 0 amide bonds. The maximum atomic E-state index is 5.96. The Labute approximate surface area is 86.2 Å². The van der Waals surface area contributed by atoms with Gasteiger partial charge in [-0.1, -0.05) is 11.6 Å². The number of aryl methyl sites for hydroxylation is 1. The largest absolute Gasteiger partial charge is 0.384 e. The van der Waals surface area contributed by atoms with E-state index in [1.54, 1.807) is 0 Å². The van der Waals surface area contributed by atoms with Gasteiger partial charge in [-0.3, -0.25) is 0 Å². The highest BCUT2D eigenvalue weighted by Crippen LogP contribution is 2.28. The van der Waals surface area contributed by atoms with E-state index in [0.717, 1.165) is 27.3 Å². The fourth-order valence-electron chi connectivity index (χ4n) is 0.972. The second-order valence-electron chi connectivity index (χ2n) is 2.61. The molecule has 3 heteroatoms. The molecular formula is C9H11BrClN. The van der Waals surface area contributed by atoms with E-state index in [1.165, 1.54) is 0 Å². The van der Waals surface area contributed by atoms with Gasteiger partial charge < -0.3 is 5.32 Å². The van der Waals surface area contributed by atoms with Crippen LogP contribution in [0.5, 0.6) is 0 Å². The molecule has 0 radical (unpaired) electrons. The Bertz CT molecular complexity index is 286.